The summed E-state index contributed by atoms with van der Waals surface area (Å²) in [6.07, 6.45) is 10.0. The van der Waals surface area contributed by atoms with Gasteiger partial charge in [0.25, 0.3) is 0 Å². The van der Waals surface area contributed by atoms with E-state index in [1.807, 2.05) is 12.2 Å². The van der Waals surface area contributed by atoms with Crippen molar-refractivity contribution >= 4 is 10.8 Å². The van der Waals surface area contributed by atoms with E-state index in [-0.39, 0.29) is 24.6 Å². The van der Waals surface area contributed by atoms with Gasteiger partial charge >= 0.3 is 21.7 Å². The van der Waals surface area contributed by atoms with E-state index in [9.17, 15) is 0 Å². The quantitative estimate of drug-likeness (QED) is 0.472. The minimum atomic E-state index is 0. The average molecular weight is 230 g/mol. The van der Waals surface area contributed by atoms with Gasteiger partial charge in [0.2, 0.25) is 0 Å². The molecule has 0 radical (unpaired) electrons. The summed E-state index contributed by atoms with van der Waals surface area (Å²) < 4.78 is 0. The molecule has 0 amide bonds. The Kier molecular flexibility index (Phi) is 5.24. The van der Waals surface area contributed by atoms with Crippen molar-refractivity contribution in [3.8, 4) is 0 Å². The Hall–Kier alpha value is -0.976. The molecule has 0 fully saturated rings. The van der Waals surface area contributed by atoms with Crippen molar-refractivity contribution in [2.45, 2.75) is 6.42 Å². The van der Waals surface area contributed by atoms with Crippen LogP contribution < -0.4 is 0 Å². The first-order valence-electron chi connectivity index (χ1n) is 4.79. The van der Waals surface area contributed by atoms with E-state index < -0.39 is 0 Å². The van der Waals surface area contributed by atoms with Crippen molar-refractivity contribution in [2.24, 2.45) is 0 Å². The van der Waals surface area contributed by atoms with E-state index in [1.54, 1.807) is 0 Å². The van der Waals surface area contributed by atoms with Crippen molar-refractivity contribution in [3.63, 3.8) is 0 Å². The third kappa shape index (κ3) is 3.58. The molecule has 74 valence electrons. The molecule has 2 aromatic carbocycles. The summed E-state index contributed by atoms with van der Waals surface area (Å²) in [6, 6.07) is 14.7. The van der Waals surface area contributed by atoms with E-state index >= 15 is 0 Å². The minimum absolute atomic E-state index is 0. The van der Waals surface area contributed by atoms with Crippen LogP contribution in [0.3, 0.4) is 0 Å². The first-order valence-corrected chi connectivity index (χ1v) is 4.79. The monoisotopic (exact) mass is 230 g/mol. The second-order valence-corrected chi connectivity index (χ2v) is 3.16. The maximum atomic E-state index is 2.99. The zero-order chi connectivity index (χ0) is 9.64. The Morgan fingerprint density at radius 3 is 2.67 bits per heavy atom. The number of rotatable bonds is 0. The predicted octanol–water partition coefficient (Wildman–Crippen LogP) is 4.09. The molecule has 2 aromatic rings. The molecule has 0 atom stereocenters. The van der Waals surface area contributed by atoms with Crippen LogP contribution in [0, 0.1) is 6.08 Å². The molecule has 0 nitrogen and oxygen atoms in total. The van der Waals surface area contributed by atoms with Crippen LogP contribution >= 0.6 is 0 Å². The van der Waals surface area contributed by atoms with E-state index in [4.69, 9.17) is 0 Å². The van der Waals surface area contributed by atoms with Gasteiger partial charge in [-0.05, 0) is 0 Å². The Balaban J connectivity index is 0. The van der Waals surface area contributed by atoms with Crippen molar-refractivity contribution < 1.29 is 24.6 Å². The molecule has 0 unspecified atom stereocenters. The molecule has 1 aliphatic rings. The number of fused-ring (bicyclic) bond motifs is 1. The summed E-state index contributed by atoms with van der Waals surface area (Å²) in [7, 11) is 0. The summed E-state index contributed by atoms with van der Waals surface area (Å²) in [4.78, 5) is 0. The molecule has 0 heterocycles. The van der Waals surface area contributed by atoms with Gasteiger partial charge in [-0.15, -0.1) is 36.1 Å². The molecule has 1 aliphatic carbocycles. The van der Waals surface area contributed by atoms with Gasteiger partial charge in [-0.25, -0.2) is 12.2 Å². The normalized spacial score (nSPS) is 12.0. The Morgan fingerprint density at radius 2 is 2.07 bits per heavy atom. The molecule has 0 saturated heterocycles. The fourth-order valence-electron chi connectivity index (χ4n) is 1.41. The predicted molar refractivity (Wildman–Crippen MR) is 63.3 cm³/mol. The molecular weight excluding hydrogens is 216 g/mol. The van der Waals surface area contributed by atoms with Crippen molar-refractivity contribution in [1.29, 1.82) is 0 Å². The molecule has 1 heteroatoms. The summed E-state index contributed by atoms with van der Waals surface area (Å²) in [6.45, 7) is 0. The van der Waals surface area contributed by atoms with E-state index in [2.05, 4.69) is 54.6 Å². The van der Waals surface area contributed by atoms with Crippen LogP contribution in [0.4, 0.5) is 0 Å². The van der Waals surface area contributed by atoms with Crippen LogP contribution in [0.25, 0.3) is 10.8 Å². The van der Waals surface area contributed by atoms with Gasteiger partial charge in [-0.2, -0.15) is 23.6 Å². The molecule has 3 rings (SSSR count). The average Bonchev–Trinajstić information content (AvgIpc) is 2.92. The zero-order valence-electron chi connectivity index (χ0n) is 10.5. The zero-order valence-corrected chi connectivity index (χ0v) is 10.0. The number of benzene rings is 1. The van der Waals surface area contributed by atoms with Gasteiger partial charge in [0.15, 0.2) is 0 Å². The maximum absolute atomic E-state index is 2.99. The van der Waals surface area contributed by atoms with Gasteiger partial charge in [-0.1, -0.05) is 6.07 Å². The van der Waals surface area contributed by atoms with Crippen LogP contribution in [0.15, 0.2) is 60.7 Å². The summed E-state index contributed by atoms with van der Waals surface area (Å²) in [5.74, 6) is 0. The van der Waals surface area contributed by atoms with E-state index in [0.29, 0.717) is 0 Å². The van der Waals surface area contributed by atoms with Crippen LogP contribution in [0.2, 0.25) is 0 Å². The fourth-order valence-corrected chi connectivity index (χ4v) is 1.41. The molecule has 0 aliphatic heterocycles. The van der Waals surface area contributed by atoms with Gasteiger partial charge in [0.1, 0.15) is 0 Å². The summed E-state index contributed by atoms with van der Waals surface area (Å²) >= 11 is 0. The fraction of sp³-hybridized carbons (Fsp3) is 0.0714. The van der Waals surface area contributed by atoms with Gasteiger partial charge < -0.3 is 2.85 Å². The van der Waals surface area contributed by atoms with Gasteiger partial charge in [-0.3, -0.25) is 6.08 Å². The molecular formula is C14H14Ti. The Morgan fingerprint density at radius 1 is 1.20 bits per heavy atom. The molecule has 0 saturated carbocycles. The third-order valence-electron chi connectivity index (χ3n) is 2.13. The number of allylic oxidation sites excluding steroid dienone is 4. The topological polar surface area (TPSA) is 0 Å². The molecule has 0 spiro atoms. The number of hydrogen-bond acceptors (Lipinski definition) is 0. The Labute approximate surface area is 109 Å². The second-order valence-electron chi connectivity index (χ2n) is 3.16. The first kappa shape index (κ1) is 12.1. The maximum Gasteiger partial charge on any atom is 4.00 e. The summed E-state index contributed by atoms with van der Waals surface area (Å²) in [5, 5.41) is 2.66. The number of hydrogen-bond donors (Lipinski definition) is 0. The van der Waals surface area contributed by atoms with Gasteiger partial charge in [0, 0.05) is 0 Å². The van der Waals surface area contributed by atoms with Crippen molar-refractivity contribution in [1.82, 2.24) is 0 Å². The molecule has 0 bridgehead atoms. The molecule has 0 N–H and O–H groups in total. The van der Waals surface area contributed by atoms with Crippen LogP contribution in [-0.2, 0) is 21.7 Å². The van der Waals surface area contributed by atoms with Crippen molar-refractivity contribution in [3.05, 3.63) is 66.8 Å². The van der Waals surface area contributed by atoms with Gasteiger partial charge in [0.05, 0.1) is 0 Å². The minimum Gasteiger partial charge on any atom is -1.00 e. The standard InChI is InChI=1S/C9H7.C5H5.Ti.2H/c1-2-5-9-7-3-6-8(9)4-1;1-2-4-5-3-1;;;/h1-7H;1-3H,4H2;;;/q2*-1;+4;2*-1. The third-order valence-corrected chi connectivity index (χ3v) is 2.13. The molecule has 15 heavy (non-hydrogen) atoms. The van der Waals surface area contributed by atoms with Crippen LogP contribution in [0.5, 0.6) is 0 Å². The van der Waals surface area contributed by atoms with E-state index in [0.717, 1.165) is 6.42 Å². The van der Waals surface area contributed by atoms with Crippen LogP contribution in [0.1, 0.15) is 9.27 Å². The van der Waals surface area contributed by atoms with E-state index in [1.165, 1.54) is 10.8 Å². The first-order chi connectivity index (χ1) is 6.97. The molecule has 0 aromatic heterocycles. The van der Waals surface area contributed by atoms with Crippen LogP contribution in [-0.4, -0.2) is 0 Å². The Bertz CT molecular complexity index is 418. The summed E-state index contributed by atoms with van der Waals surface area (Å²) in [5.41, 5.74) is 0. The smallest absolute Gasteiger partial charge is 1.00 e. The van der Waals surface area contributed by atoms with Crippen molar-refractivity contribution in [2.75, 3.05) is 0 Å². The second kappa shape index (κ2) is 6.50. The SMILES string of the molecule is [C-]1=CC=CC1.[H-].[H-].[Ti+4].c1ccc2[cH-]ccc2c1. The largest absolute Gasteiger partial charge is 4.00 e.